The molecule has 26 heavy (non-hydrogen) atoms. The van der Waals surface area contributed by atoms with Crippen molar-refractivity contribution in [2.24, 2.45) is 0 Å². The molecule has 0 atom stereocenters. The Kier molecular flexibility index (Phi) is 3.96. The zero-order chi connectivity index (χ0) is 18.1. The molecule has 4 aromatic rings. The van der Waals surface area contributed by atoms with Crippen LogP contribution in [0.4, 0.5) is 5.82 Å². The van der Waals surface area contributed by atoms with Crippen LogP contribution in [0.15, 0.2) is 59.9 Å². The van der Waals surface area contributed by atoms with Crippen LogP contribution in [0.2, 0.25) is 0 Å². The Labute approximate surface area is 149 Å². The number of nitrogens with zero attached hydrogens (tertiary/aromatic N) is 4. The Bertz CT molecular complexity index is 1050. The molecule has 1 amide bonds. The standard InChI is InChI=1S/C19H17N5O2/c1-12(2)15-5-3-13(7-21-15)19(25)23-17-10-24-9-14(4-6-18(24)22-17)16-8-20-11-26-16/h3-12H,1-2H3,(H,23,25). The van der Waals surface area contributed by atoms with Gasteiger partial charge in [0.05, 0.1) is 18.0 Å². The fourth-order valence-electron chi connectivity index (χ4n) is 2.63. The number of amides is 1. The highest BCUT2D eigenvalue weighted by atomic mass is 16.3. The second-order valence-electron chi connectivity index (χ2n) is 6.26. The molecule has 0 aliphatic rings. The zero-order valence-corrected chi connectivity index (χ0v) is 14.4. The van der Waals surface area contributed by atoms with Gasteiger partial charge in [-0.3, -0.25) is 9.78 Å². The van der Waals surface area contributed by atoms with E-state index in [1.807, 2.05) is 28.8 Å². The quantitative estimate of drug-likeness (QED) is 0.607. The summed E-state index contributed by atoms with van der Waals surface area (Å²) in [5.74, 6) is 1.22. The van der Waals surface area contributed by atoms with Gasteiger partial charge in [-0.1, -0.05) is 13.8 Å². The first-order valence-electron chi connectivity index (χ1n) is 8.25. The lowest BCUT2D eigenvalue weighted by molar-refractivity contribution is 0.102. The minimum absolute atomic E-state index is 0.244. The SMILES string of the molecule is CC(C)c1ccc(C(=O)Nc2cn3cc(-c4cnco4)ccc3n2)cn1. The van der Waals surface area contributed by atoms with Crippen molar-refractivity contribution in [3.8, 4) is 11.3 Å². The van der Waals surface area contributed by atoms with Gasteiger partial charge in [0.2, 0.25) is 0 Å². The highest BCUT2D eigenvalue weighted by Crippen LogP contribution is 2.20. The smallest absolute Gasteiger partial charge is 0.258 e. The maximum Gasteiger partial charge on any atom is 0.258 e. The molecule has 4 heterocycles. The van der Waals surface area contributed by atoms with Crippen LogP contribution in [-0.4, -0.2) is 25.3 Å². The first-order valence-corrected chi connectivity index (χ1v) is 8.25. The minimum Gasteiger partial charge on any atom is -0.443 e. The lowest BCUT2D eigenvalue weighted by Crippen LogP contribution is -2.12. The topological polar surface area (TPSA) is 85.3 Å². The summed E-state index contributed by atoms with van der Waals surface area (Å²) in [6.45, 7) is 4.12. The molecule has 1 N–H and O–H groups in total. The Balaban J connectivity index is 1.56. The third kappa shape index (κ3) is 3.06. The molecule has 130 valence electrons. The van der Waals surface area contributed by atoms with E-state index in [0.717, 1.165) is 16.9 Å². The Morgan fingerprint density at radius 2 is 2.04 bits per heavy atom. The van der Waals surface area contributed by atoms with Crippen molar-refractivity contribution < 1.29 is 9.21 Å². The molecule has 4 rings (SSSR count). The second kappa shape index (κ2) is 6.44. The number of rotatable bonds is 4. The fraction of sp³-hybridized carbons (Fsp3) is 0.158. The molecule has 0 bridgehead atoms. The number of carbonyl (C=O) groups excluding carboxylic acids is 1. The van der Waals surface area contributed by atoms with Crippen LogP contribution < -0.4 is 5.32 Å². The van der Waals surface area contributed by atoms with E-state index in [-0.39, 0.29) is 5.91 Å². The predicted molar refractivity (Wildman–Crippen MR) is 97.0 cm³/mol. The van der Waals surface area contributed by atoms with E-state index in [4.69, 9.17) is 4.42 Å². The van der Waals surface area contributed by atoms with Crippen LogP contribution >= 0.6 is 0 Å². The third-order valence-corrected chi connectivity index (χ3v) is 4.05. The monoisotopic (exact) mass is 347 g/mol. The van der Waals surface area contributed by atoms with Crippen molar-refractivity contribution in [3.05, 3.63) is 66.7 Å². The van der Waals surface area contributed by atoms with Gasteiger partial charge in [-0.2, -0.15) is 0 Å². The molecular formula is C19H17N5O2. The van der Waals surface area contributed by atoms with Crippen molar-refractivity contribution >= 4 is 17.4 Å². The molecule has 0 aliphatic carbocycles. The van der Waals surface area contributed by atoms with E-state index < -0.39 is 0 Å². The predicted octanol–water partition coefficient (Wildman–Crippen LogP) is 3.76. The van der Waals surface area contributed by atoms with E-state index in [1.54, 1.807) is 24.7 Å². The van der Waals surface area contributed by atoms with Crippen molar-refractivity contribution in [2.45, 2.75) is 19.8 Å². The molecule has 7 heteroatoms. The number of pyridine rings is 2. The molecule has 0 radical (unpaired) electrons. The molecule has 0 saturated heterocycles. The summed E-state index contributed by atoms with van der Waals surface area (Å²) in [6, 6.07) is 7.39. The van der Waals surface area contributed by atoms with Gasteiger partial charge in [-0.15, -0.1) is 0 Å². The average molecular weight is 347 g/mol. The van der Waals surface area contributed by atoms with Crippen LogP contribution in [-0.2, 0) is 0 Å². The van der Waals surface area contributed by atoms with E-state index >= 15 is 0 Å². The summed E-state index contributed by atoms with van der Waals surface area (Å²) in [6.07, 6.45) is 8.25. The molecule has 4 aromatic heterocycles. The number of oxazole rings is 1. The minimum atomic E-state index is -0.244. The molecular weight excluding hydrogens is 330 g/mol. The van der Waals surface area contributed by atoms with Gasteiger partial charge >= 0.3 is 0 Å². The van der Waals surface area contributed by atoms with Crippen molar-refractivity contribution in [3.63, 3.8) is 0 Å². The summed E-state index contributed by atoms with van der Waals surface area (Å²) >= 11 is 0. The molecule has 0 saturated carbocycles. The zero-order valence-electron chi connectivity index (χ0n) is 14.4. The van der Waals surface area contributed by atoms with Gasteiger partial charge < -0.3 is 14.1 Å². The molecule has 0 aromatic carbocycles. The Morgan fingerprint density at radius 1 is 1.15 bits per heavy atom. The summed E-state index contributed by atoms with van der Waals surface area (Å²) in [4.78, 5) is 25.1. The number of carbonyl (C=O) groups is 1. The molecule has 0 unspecified atom stereocenters. The van der Waals surface area contributed by atoms with E-state index in [9.17, 15) is 4.79 Å². The molecule has 0 spiro atoms. The number of aromatic nitrogens is 4. The van der Waals surface area contributed by atoms with Crippen LogP contribution in [0.5, 0.6) is 0 Å². The normalized spacial score (nSPS) is 11.2. The summed E-state index contributed by atoms with van der Waals surface area (Å²) in [7, 11) is 0. The largest absolute Gasteiger partial charge is 0.443 e. The fourth-order valence-corrected chi connectivity index (χ4v) is 2.63. The van der Waals surface area contributed by atoms with Crippen molar-refractivity contribution in [1.82, 2.24) is 19.4 Å². The van der Waals surface area contributed by atoms with Gasteiger partial charge in [0.25, 0.3) is 5.91 Å². The van der Waals surface area contributed by atoms with Gasteiger partial charge in [-0.25, -0.2) is 9.97 Å². The highest BCUT2D eigenvalue weighted by Gasteiger charge is 2.11. The number of hydrogen-bond donors (Lipinski definition) is 1. The Morgan fingerprint density at radius 3 is 2.73 bits per heavy atom. The third-order valence-electron chi connectivity index (χ3n) is 4.05. The van der Waals surface area contributed by atoms with E-state index in [0.29, 0.717) is 23.1 Å². The van der Waals surface area contributed by atoms with Crippen molar-refractivity contribution in [1.29, 1.82) is 0 Å². The molecule has 0 aliphatic heterocycles. The van der Waals surface area contributed by atoms with Gasteiger partial charge in [0.15, 0.2) is 18.0 Å². The van der Waals surface area contributed by atoms with Crippen LogP contribution in [0.3, 0.4) is 0 Å². The molecule has 7 nitrogen and oxygen atoms in total. The Hall–Kier alpha value is -3.48. The van der Waals surface area contributed by atoms with Crippen molar-refractivity contribution in [2.75, 3.05) is 5.32 Å². The van der Waals surface area contributed by atoms with Gasteiger partial charge in [-0.05, 0) is 30.2 Å². The first kappa shape index (κ1) is 16.0. The lowest BCUT2D eigenvalue weighted by atomic mass is 10.1. The second-order valence-corrected chi connectivity index (χ2v) is 6.26. The summed E-state index contributed by atoms with van der Waals surface area (Å²) < 4.78 is 7.13. The number of hydrogen-bond acceptors (Lipinski definition) is 5. The summed E-state index contributed by atoms with van der Waals surface area (Å²) in [5.41, 5.74) is 3.04. The lowest BCUT2D eigenvalue weighted by Gasteiger charge is -2.05. The van der Waals surface area contributed by atoms with Crippen LogP contribution in [0.1, 0.15) is 35.8 Å². The maximum atomic E-state index is 12.4. The van der Waals surface area contributed by atoms with Gasteiger partial charge in [0, 0.05) is 23.7 Å². The number of fused-ring (bicyclic) bond motifs is 1. The highest BCUT2D eigenvalue weighted by molar-refractivity contribution is 6.03. The number of imidazole rings is 1. The van der Waals surface area contributed by atoms with E-state index in [1.165, 1.54) is 6.39 Å². The maximum absolute atomic E-state index is 12.4. The number of anilines is 1. The molecule has 0 fully saturated rings. The number of nitrogens with one attached hydrogen (secondary N) is 1. The summed E-state index contributed by atoms with van der Waals surface area (Å²) in [5, 5.41) is 2.80. The first-order chi connectivity index (χ1) is 12.6. The van der Waals surface area contributed by atoms with Gasteiger partial charge in [0.1, 0.15) is 5.65 Å². The average Bonchev–Trinajstić information content (AvgIpc) is 3.30. The van der Waals surface area contributed by atoms with E-state index in [2.05, 4.69) is 34.1 Å². The van der Waals surface area contributed by atoms with Crippen LogP contribution in [0, 0.1) is 0 Å². The van der Waals surface area contributed by atoms with Crippen LogP contribution in [0.25, 0.3) is 17.0 Å².